The van der Waals surface area contributed by atoms with Crippen LogP contribution in [0.2, 0.25) is 0 Å². The van der Waals surface area contributed by atoms with E-state index < -0.39 is 17.4 Å². The number of nitrogens with zero attached hydrogens (tertiary/aromatic N) is 1. The molecule has 10 heavy (non-hydrogen) atoms. The van der Waals surface area contributed by atoms with Gasteiger partial charge in [0.1, 0.15) is 0 Å². The highest BCUT2D eigenvalue weighted by Crippen LogP contribution is 2.17. The Morgan fingerprint density at radius 3 is 2.40 bits per heavy atom. The molecule has 0 aliphatic heterocycles. The second-order valence-corrected chi connectivity index (χ2v) is 1.85. The summed E-state index contributed by atoms with van der Waals surface area (Å²) in [5.41, 5.74) is -0.502. The van der Waals surface area contributed by atoms with E-state index in [4.69, 9.17) is 10.2 Å². The number of H-pyrrole nitrogens is 1. The molecule has 0 bridgehead atoms. The first kappa shape index (κ1) is 6.73. The fraction of sp³-hybridized carbons (Fsp3) is 0.400. The zero-order valence-electron chi connectivity index (χ0n) is 5.46. The molecule has 0 atom stereocenters. The van der Waals surface area contributed by atoms with E-state index in [0.29, 0.717) is 6.54 Å². The molecule has 0 aliphatic carbocycles. The van der Waals surface area contributed by atoms with E-state index in [0.717, 1.165) is 4.57 Å². The van der Waals surface area contributed by atoms with Crippen molar-refractivity contribution in [1.82, 2.24) is 9.55 Å². The Labute approximate surface area is 56.6 Å². The monoisotopic (exact) mass is 144 g/mol. The molecule has 5 heteroatoms. The van der Waals surface area contributed by atoms with E-state index in [9.17, 15) is 4.79 Å². The number of rotatable bonds is 1. The minimum atomic E-state index is -0.502. The lowest BCUT2D eigenvalue weighted by molar-refractivity contribution is 0.368. The predicted molar refractivity (Wildman–Crippen MR) is 34.1 cm³/mol. The van der Waals surface area contributed by atoms with E-state index in [1.54, 1.807) is 6.92 Å². The lowest BCUT2D eigenvalue weighted by Crippen LogP contribution is -2.14. The minimum Gasteiger partial charge on any atom is -0.491 e. The van der Waals surface area contributed by atoms with Gasteiger partial charge >= 0.3 is 5.69 Å². The first-order chi connectivity index (χ1) is 4.66. The molecule has 1 aromatic rings. The highest BCUT2D eigenvalue weighted by atomic mass is 16.3. The van der Waals surface area contributed by atoms with E-state index in [2.05, 4.69) is 0 Å². The Morgan fingerprint density at radius 2 is 2.20 bits per heavy atom. The summed E-state index contributed by atoms with van der Waals surface area (Å²) in [5.74, 6) is -0.889. The molecular formula is C5H8N2O3. The van der Waals surface area contributed by atoms with Gasteiger partial charge in [0.25, 0.3) is 11.8 Å². The van der Waals surface area contributed by atoms with Gasteiger partial charge in [-0.3, -0.25) is 9.55 Å². The number of hydrogen-bond donors (Lipinski definition) is 3. The molecule has 1 aromatic heterocycles. The van der Waals surface area contributed by atoms with Gasteiger partial charge in [0.15, 0.2) is 0 Å². The van der Waals surface area contributed by atoms with E-state index >= 15 is 0 Å². The van der Waals surface area contributed by atoms with Gasteiger partial charge in [-0.1, -0.05) is 0 Å². The van der Waals surface area contributed by atoms with Crippen molar-refractivity contribution in [3.63, 3.8) is 0 Å². The molecule has 0 saturated carbocycles. The molecule has 0 aromatic carbocycles. The summed E-state index contributed by atoms with van der Waals surface area (Å²) in [6, 6.07) is 0. The van der Waals surface area contributed by atoms with Gasteiger partial charge in [0.2, 0.25) is 0 Å². The smallest absolute Gasteiger partial charge is 0.331 e. The molecule has 0 fully saturated rings. The zero-order valence-corrected chi connectivity index (χ0v) is 5.46. The molecule has 1 heterocycles. The molecule has 1 rings (SSSR count). The lowest BCUT2D eigenvalue weighted by atomic mass is 10.7. The van der Waals surface area contributed by atoms with Crippen LogP contribution in [0.1, 0.15) is 6.92 Å². The van der Waals surface area contributed by atoms with Gasteiger partial charge in [0, 0.05) is 6.54 Å². The van der Waals surface area contributed by atoms with Crippen molar-refractivity contribution in [3.8, 4) is 11.8 Å². The van der Waals surface area contributed by atoms with Crippen LogP contribution in [0.3, 0.4) is 0 Å². The molecule has 0 spiro atoms. The van der Waals surface area contributed by atoms with Crippen LogP contribution in [0.5, 0.6) is 11.8 Å². The first-order valence-corrected chi connectivity index (χ1v) is 2.87. The highest BCUT2D eigenvalue weighted by Gasteiger charge is 2.08. The maximum absolute atomic E-state index is 10.7. The van der Waals surface area contributed by atoms with Crippen molar-refractivity contribution in [2.75, 3.05) is 0 Å². The Morgan fingerprint density at radius 1 is 1.60 bits per heavy atom. The highest BCUT2D eigenvalue weighted by molar-refractivity contribution is 5.22. The van der Waals surface area contributed by atoms with Crippen LogP contribution in [0.15, 0.2) is 4.79 Å². The van der Waals surface area contributed by atoms with Crippen LogP contribution >= 0.6 is 0 Å². The summed E-state index contributed by atoms with van der Waals surface area (Å²) < 4.78 is 1.02. The average molecular weight is 144 g/mol. The molecule has 3 N–H and O–H groups in total. The third-order valence-electron chi connectivity index (χ3n) is 1.25. The maximum atomic E-state index is 10.7. The van der Waals surface area contributed by atoms with Crippen molar-refractivity contribution in [3.05, 3.63) is 10.5 Å². The summed E-state index contributed by atoms with van der Waals surface area (Å²) >= 11 is 0. The van der Waals surface area contributed by atoms with Crippen LogP contribution in [0.4, 0.5) is 0 Å². The Kier molecular flexibility index (Phi) is 1.41. The van der Waals surface area contributed by atoms with Crippen molar-refractivity contribution in [2.45, 2.75) is 13.5 Å². The third kappa shape index (κ3) is 0.754. The van der Waals surface area contributed by atoms with Crippen LogP contribution in [0.25, 0.3) is 0 Å². The molecule has 56 valence electrons. The second-order valence-electron chi connectivity index (χ2n) is 1.85. The van der Waals surface area contributed by atoms with Crippen LogP contribution < -0.4 is 5.69 Å². The van der Waals surface area contributed by atoms with Gasteiger partial charge in [-0.2, -0.15) is 0 Å². The number of aromatic amines is 1. The van der Waals surface area contributed by atoms with Gasteiger partial charge in [-0.25, -0.2) is 4.79 Å². The van der Waals surface area contributed by atoms with E-state index in [-0.39, 0.29) is 0 Å². The standard InChI is InChI=1S/C5H8N2O3/c1-2-7-4(9)3(8)6-5(7)10/h8-9H,2H2,1H3,(H,6,10). The topological polar surface area (TPSA) is 78.2 Å². The van der Waals surface area contributed by atoms with Crippen molar-refractivity contribution < 1.29 is 10.2 Å². The number of nitrogens with one attached hydrogen (secondary N) is 1. The summed E-state index contributed by atoms with van der Waals surface area (Å²) in [4.78, 5) is 12.7. The summed E-state index contributed by atoms with van der Waals surface area (Å²) in [6.07, 6.45) is 0. The Bertz CT molecular complexity index is 286. The quantitative estimate of drug-likeness (QED) is 0.502. The Hall–Kier alpha value is -1.39. The Balaban J connectivity index is 3.34. The van der Waals surface area contributed by atoms with Crippen LogP contribution in [-0.2, 0) is 6.54 Å². The van der Waals surface area contributed by atoms with Gasteiger partial charge < -0.3 is 10.2 Å². The number of hydrogen-bond acceptors (Lipinski definition) is 3. The van der Waals surface area contributed by atoms with Crippen molar-refractivity contribution in [1.29, 1.82) is 0 Å². The minimum absolute atomic E-state index is 0.335. The molecule has 0 radical (unpaired) electrons. The SMILES string of the molecule is CCn1c(O)c(O)[nH]c1=O. The van der Waals surface area contributed by atoms with Gasteiger partial charge in [0.05, 0.1) is 0 Å². The fourth-order valence-corrected chi connectivity index (χ4v) is 0.742. The zero-order chi connectivity index (χ0) is 7.72. The number of aromatic nitrogens is 2. The van der Waals surface area contributed by atoms with Gasteiger partial charge in [-0.05, 0) is 6.92 Å². The van der Waals surface area contributed by atoms with Crippen molar-refractivity contribution >= 4 is 0 Å². The van der Waals surface area contributed by atoms with E-state index in [1.807, 2.05) is 4.98 Å². The molecule has 0 saturated heterocycles. The second kappa shape index (κ2) is 2.09. The summed E-state index contributed by atoms with van der Waals surface area (Å²) in [7, 11) is 0. The summed E-state index contributed by atoms with van der Waals surface area (Å²) in [6.45, 7) is 2.02. The van der Waals surface area contributed by atoms with E-state index in [1.165, 1.54) is 0 Å². The predicted octanol–water partition coefficient (Wildman–Crippen LogP) is -0.393. The van der Waals surface area contributed by atoms with Gasteiger partial charge in [-0.15, -0.1) is 0 Å². The molecular weight excluding hydrogens is 136 g/mol. The number of aromatic hydroxyl groups is 2. The maximum Gasteiger partial charge on any atom is 0.331 e. The molecule has 5 nitrogen and oxygen atoms in total. The molecule has 0 amide bonds. The van der Waals surface area contributed by atoms with Crippen LogP contribution in [-0.4, -0.2) is 19.8 Å². The fourth-order valence-electron chi connectivity index (χ4n) is 0.742. The van der Waals surface area contributed by atoms with Crippen LogP contribution in [0, 0.1) is 0 Å². The largest absolute Gasteiger partial charge is 0.491 e. The molecule has 0 aliphatic rings. The first-order valence-electron chi connectivity index (χ1n) is 2.87. The summed E-state index contributed by atoms with van der Waals surface area (Å²) in [5, 5.41) is 17.6. The normalized spacial score (nSPS) is 10.1. The van der Waals surface area contributed by atoms with Crippen molar-refractivity contribution in [2.24, 2.45) is 0 Å². The molecule has 0 unspecified atom stereocenters. The third-order valence-corrected chi connectivity index (χ3v) is 1.25. The lowest BCUT2D eigenvalue weighted by Gasteiger charge is -1.93. The average Bonchev–Trinajstić information content (AvgIpc) is 2.09. The number of imidazole rings is 1.